The maximum atomic E-state index is 11.4. The molecule has 1 aliphatic rings. The number of carbonyl (C=O) groups is 1. The molecule has 1 amide bonds. The molecule has 0 aliphatic carbocycles. The number of benzene rings is 1. The number of likely N-dealkylation sites (N-methyl/N-ethyl adjacent to an activating group) is 1. The normalized spacial score (nSPS) is 20.0. The Morgan fingerprint density at radius 1 is 1.52 bits per heavy atom. The quantitative estimate of drug-likeness (QED) is 0.833. The van der Waals surface area contributed by atoms with E-state index in [9.17, 15) is 4.79 Å². The van der Waals surface area contributed by atoms with Crippen molar-refractivity contribution in [3.05, 3.63) is 34.9 Å². The van der Waals surface area contributed by atoms with E-state index < -0.39 is 0 Å². The van der Waals surface area contributed by atoms with Crippen LogP contribution in [0.1, 0.15) is 31.7 Å². The standard InChI is InChI=1S/C17H25ClN2O/c1-13(16-5-4-6-17(18)9-16)10-19(3)11-15-7-8-20(12-15)14(2)21/h4-6,9,13,15H,7-8,10-12H2,1-3H3/t13-,15+/m0/s1. The van der Waals surface area contributed by atoms with E-state index in [-0.39, 0.29) is 5.91 Å². The van der Waals surface area contributed by atoms with Gasteiger partial charge in [0.2, 0.25) is 5.91 Å². The lowest BCUT2D eigenvalue weighted by atomic mass is 10.00. The summed E-state index contributed by atoms with van der Waals surface area (Å²) in [5, 5.41) is 0.801. The molecular weight excluding hydrogens is 284 g/mol. The van der Waals surface area contributed by atoms with Gasteiger partial charge in [0.05, 0.1) is 0 Å². The molecule has 4 heteroatoms. The summed E-state index contributed by atoms with van der Waals surface area (Å²) in [5.41, 5.74) is 1.28. The highest BCUT2D eigenvalue weighted by molar-refractivity contribution is 6.30. The van der Waals surface area contributed by atoms with Crippen LogP contribution in [0.3, 0.4) is 0 Å². The van der Waals surface area contributed by atoms with Gasteiger partial charge in [0.1, 0.15) is 0 Å². The van der Waals surface area contributed by atoms with E-state index in [1.807, 2.05) is 23.1 Å². The van der Waals surface area contributed by atoms with Crippen molar-refractivity contribution in [2.75, 3.05) is 33.2 Å². The van der Waals surface area contributed by atoms with Gasteiger partial charge in [0.25, 0.3) is 0 Å². The number of nitrogens with zero attached hydrogens (tertiary/aromatic N) is 2. The predicted octanol–water partition coefficient (Wildman–Crippen LogP) is 3.24. The molecule has 3 nitrogen and oxygen atoms in total. The topological polar surface area (TPSA) is 23.6 Å². The summed E-state index contributed by atoms with van der Waals surface area (Å²) in [6.45, 7) is 7.78. The zero-order valence-electron chi connectivity index (χ0n) is 13.2. The zero-order valence-corrected chi connectivity index (χ0v) is 13.9. The Hall–Kier alpha value is -1.06. The minimum Gasteiger partial charge on any atom is -0.343 e. The molecular formula is C17H25ClN2O. The number of halogens is 1. The lowest BCUT2D eigenvalue weighted by Gasteiger charge is -2.24. The molecule has 116 valence electrons. The van der Waals surface area contributed by atoms with Gasteiger partial charge >= 0.3 is 0 Å². The molecule has 0 N–H and O–H groups in total. The van der Waals surface area contributed by atoms with Gasteiger partial charge in [0.15, 0.2) is 0 Å². The van der Waals surface area contributed by atoms with Crippen molar-refractivity contribution >= 4 is 17.5 Å². The molecule has 1 aromatic rings. The third-order valence-corrected chi connectivity index (χ3v) is 4.54. The lowest BCUT2D eigenvalue weighted by Crippen LogP contribution is -2.32. The number of likely N-dealkylation sites (tertiary alicyclic amines) is 1. The summed E-state index contributed by atoms with van der Waals surface area (Å²) < 4.78 is 0. The van der Waals surface area contributed by atoms with Crippen LogP contribution in [0.15, 0.2) is 24.3 Å². The van der Waals surface area contributed by atoms with Crippen molar-refractivity contribution < 1.29 is 4.79 Å². The van der Waals surface area contributed by atoms with Gasteiger partial charge in [-0.25, -0.2) is 0 Å². The van der Waals surface area contributed by atoms with E-state index >= 15 is 0 Å². The maximum Gasteiger partial charge on any atom is 0.219 e. The van der Waals surface area contributed by atoms with E-state index in [2.05, 4.69) is 24.9 Å². The van der Waals surface area contributed by atoms with Crippen LogP contribution in [0.2, 0.25) is 5.02 Å². The van der Waals surface area contributed by atoms with Crippen LogP contribution in [-0.4, -0.2) is 48.9 Å². The minimum absolute atomic E-state index is 0.201. The molecule has 1 heterocycles. The van der Waals surface area contributed by atoms with E-state index in [0.717, 1.165) is 37.6 Å². The van der Waals surface area contributed by atoms with Gasteiger partial charge in [-0.1, -0.05) is 30.7 Å². The average Bonchev–Trinajstić information content (AvgIpc) is 2.87. The number of rotatable bonds is 5. The second-order valence-corrected chi connectivity index (χ2v) is 6.73. The van der Waals surface area contributed by atoms with Crippen LogP contribution in [0.5, 0.6) is 0 Å². The van der Waals surface area contributed by atoms with E-state index in [0.29, 0.717) is 11.8 Å². The van der Waals surface area contributed by atoms with Gasteiger partial charge in [-0.2, -0.15) is 0 Å². The molecule has 0 saturated carbocycles. The predicted molar refractivity (Wildman–Crippen MR) is 87.7 cm³/mol. The Balaban J connectivity index is 1.82. The SMILES string of the molecule is CC(=O)N1CC[C@H](CN(C)C[C@H](C)c2cccc(Cl)c2)C1. The van der Waals surface area contributed by atoms with Crippen LogP contribution in [0.25, 0.3) is 0 Å². The van der Waals surface area contributed by atoms with Gasteiger partial charge in [-0.15, -0.1) is 0 Å². The largest absolute Gasteiger partial charge is 0.343 e. The average molecular weight is 309 g/mol. The molecule has 0 bridgehead atoms. The van der Waals surface area contributed by atoms with Crippen molar-refractivity contribution in [2.45, 2.75) is 26.2 Å². The number of hydrogen-bond acceptors (Lipinski definition) is 2. The molecule has 0 spiro atoms. The minimum atomic E-state index is 0.201. The highest BCUT2D eigenvalue weighted by Crippen LogP contribution is 2.22. The fraction of sp³-hybridized carbons (Fsp3) is 0.588. The first-order chi connectivity index (χ1) is 9.95. The number of hydrogen-bond donors (Lipinski definition) is 0. The van der Waals surface area contributed by atoms with Crippen molar-refractivity contribution in [1.29, 1.82) is 0 Å². The van der Waals surface area contributed by atoms with Crippen molar-refractivity contribution in [2.24, 2.45) is 5.92 Å². The molecule has 0 radical (unpaired) electrons. The molecule has 1 fully saturated rings. The van der Waals surface area contributed by atoms with Crippen molar-refractivity contribution in [3.8, 4) is 0 Å². The Labute approximate surface area is 132 Å². The van der Waals surface area contributed by atoms with Gasteiger partial charge in [-0.3, -0.25) is 4.79 Å². The summed E-state index contributed by atoms with van der Waals surface area (Å²) >= 11 is 6.06. The Morgan fingerprint density at radius 3 is 2.90 bits per heavy atom. The molecule has 1 aromatic carbocycles. The summed E-state index contributed by atoms with van der Waals surface area (Å²) in [5.74, 6) is 1.26. The molecule has 21 heavy (non-hydrogen) atoms. The molecule has 2 atom stereocenters. The van der Waals surface area contributed by atoms with E-state index in [1.54, 1.807) is 6.92 Å². The second-order valence-electron chi connectivity index (χ2n) is 6.30. The molecule has 1 aliphatic heterocycles. The third-order valence-electron chi connectivity index (χ3n) is 4.30. The van der Waals surface area contributed by atoms with Crippen molar-refractivity contribution in [1.82, 2.24) is 9.80 Å². The second kappa shape index (κ2) is 7.28. The fourth-order valence-electron chi connectivity index (χ4n) is 3.17. The maximum absolute atomic E-state index is 11.4. The van der Waals surface area contributed by atoms with Gasteiger partial charge < -0.3 is 9.80 Å². The van der Waals surface area contributed by atoms with Crippen molar-refractivity contribution in [3.63, 3.8) is 0 Å². The Morgan fingerprint density at radius 2 is 2.29 bits per heavy atom. The molecule has 1 saturated heterocycles. The van der Waals surface area contributed by atoms with Crippen LogP contribution >= 0.6 is 11.6 Å². The fourth-order valence-corrected chi connectivity index (χ4v) is 3.37. The number of amides is 1. The molecule has 0 unspecified atom stereocenters. The first-order valence-electron chi connectivity index (χ1n) is 7.65. The van der Waals surface area contributed by atoms with Gasteiger partial charge in [-0.05, 0) is 43.0 Å². The summed E-state index contributed by atoms with van der Waals surface area (Å²) in [4.78, 5) is 15.7. The van der Waals surface area contributed by atoms with Crippen LogP contribution in [0, 0.1) is 5.92 Å². The summed E-state index contributed by atoms with van der Waals surface area (Å²) in [6, 6.07) is 8.11. The molecule has 0 aromatic heterocycles. The Kier molecular flexibility index (Phi) is 5.65. The monoisotopic (exact) mass is 308 g/mol. The highest BCUT2D eigenvalue weighted by atomic mass is 35.5. The zero-order chi connectivity index (χ0) is 15.4. The van der Waals surface area contributed by atoms with Crippen LogP contribution < -0.4 is 0 Å². The van der Waals surface area contributed by atoms with Crippen LogP contribution in [-0.2, 0) is 4.79 Å². The van der Waals surface area contributed by atoms with Crippen LogP contribution in [0.4, 0.5) is 0 Å². The Bertz CT molecular complexity index is 491. The molecule has 2 rings (SSSR count). The summed E-state index contributed by atoms with van der Waals surface area (Å²) in [6.07, 6.45) is 1.12. The lowest BCUT2D eigenvalue weighted by molar-refractivity contribution is -0.127. The van der Waals surface area contributed by atoms with E-state index in [1.165, 1.54) is 5.56 Å². The highest BCUT2D eigenvalue weighted by Gasteiger charge is 2.25. The van der Waals surface area contributed by atoms with E-state index in [4.69, 9.17) is 11.6 Å². The third kappa shape index (κ3) is 4.72. The first-order valence-corrected chi connectivity index (χ1v) is 8.03. The summed E-state index contributed by atoms with van der Waals surface area (Å²) in [7, 11) is 2.16. The smallest absolute Gasteiger partial charge is 0.219 e. The first kappa shape index (κ1) is 16.3. The van der Waals surface area contributed by atoms with Gasteiger partial charge in [0, 0.05) is 38.1 Å². The number of carbonyl (C=O) groups excluding carboxylic acids is 1.